The molecule has 30 heavy (non-hydrogen) atoms. The maximum absolute atomic E-state index is 13.1. The SMILES string of the molecule is CCCCCN1C(=O)C(=O)/C(=C(/O)c2cc(C(C)(C)C)ccc2C)C1c1cccs1. The summed E-state index contributed by atoms with van der Waals surface area (Å²) in [4.78, 5) is 28.5. The number of unbranched alkanes of at least 4 members (excludes halogenated alkanes) is 2. The van der Waals surface area contributed by atoms with Crippen LogP contribution < -0.4 is 0 Å². The highest BCUT2D eigenvalue weighted by Gasteiger charge is 2.46. The predicted molar refractivity (Wildman–Crippen MR) is 123 cm³/mol. The molecule has 1 aliphatic heterocycles. The molecule has 1 fully saturated rings. The molecule has 2 aromatic rings. The van der Waals surface area contributed by atoms with E-state index in [4.69, 9.17) is 0 Å². The number of hydrogen-bond acceptors (Lipinski definition) is 4. The second-order valence-electron chi connectivity index (χ2n) is 8.99. The number of likely N-dealkylation sites (tertiary alicyclic amines) is 1. The first-order valence-corrected chi connectivity index (χ1v) is 11.5. The summed E-state index contributed by atoms with van der Waals surface area (Å²) in [5, 5.41) is 13.3. The lowest BCUT2D eigenvalue weighted by molar-refractivity contribution is -0.139. The fourth-order valence-electron chi connectivity index (χ4n) is 3.87. The number of aliphatic hydroxyl groups excluding tert-OH is 1. The highest BCUT2D eigenvalue weighted by Crippen LogP contribution is 2.42. The molecule has 0 spiro atoms. The number of hydrogen-bond donors (Lipinski definition) is 1. The lowest BCUT2D eigenvalue weighted by Gasteiger charge is -2.24. The molecular weight excluding hydrogens is 394 g/mol. The van der Waals surface area contributed by atoms with Gasteiger partial charge in [0.25, 0.3) is 11.7 Å². The van der Waals surface area contributed by atoms with Gasteiger partial charge in [-0.2, -0.15) is 0 Å². The van der Waals surface area contributed by atoms with Crippen LogP contribution in [0.25, 0.3) is 5.76 Å². The van der Waals surface area contributed by atoms with E-state index in [-0.39, 0.29) is 16.7 Å². The van der Waals surface area contributed by atoms with Crippen molar-refractivity contribution < 1.29 is 14.7 Å². The van der Waals surface area contributed by atoms with E-state index in [1.807, 2.05) is 42.6 Å². The van der Waals surface area contributed by atoms with Crippen molar-refractivity contribution in [3.05, 3.63) is 62.9 Å². The number of aliphatic hydroxyl groups is 1. The van der Waals surface area contributed by atoms with E-state index < -0.39 is 17.7 Å². The lowest BCUT2D eigenvalue weighted by atomic mass is 9.84. The molecule has 0 aliphatic carbocycles. The molecule has 1 aromatic carbocycles. The van der Waals surface area contributed by atoms with Crippen molar-refractivity contribution in [2.45, 2.75) is 65.3 Å². The van der Waals surface area contributed by atoms with Crippen molar-refractivity contribution in [3.63, 3.8) is 0 Å². The van der Waals surface area contributed by atoms with Gasteiger partial charge in [-0.05, 0) is 47.4 Å². The third-order valence-electron chi connectivity index (χ3n) is 5.71. The fraction of sp³-hybridized carbons (Fsp3) is 0.440. The van der Waals surface area contributed by atoms with E-state index in [2.05, 4.69) is 27.7 Å². The van der Waals surface area contributed by atoms with E-state index in [1.54, 1.807) is 4.90 Å². The van der Waals surface area contributed by atoms with Crippen LogP contribution in [0.1, 0.15) is 74.6 Å². The molecule has 1 amide bonds. The molecule has 1 N–H and O–H groups in total. The first kappa shape index (κ1) is 22.3. The van der Waals surface area contributed by atoms with E-state index in [0.717, 1.165) is 35.3 Å². The van der Waals surface area contributed by atoms with Gasteiger partial charge in [0, 0.05) is 17.0 Å². The van der Waals surface area contributed by atoms with E-state index >= 15 is 0 Å². The highest BCUT2D eigenvalue weighted by atomic mass is 32.1. The monoisotopic (exact) mass is 425 g/mol. The van der Waals surface area contributed by atoms with Crippen molar-refractivity contribution in [2.75, 3.05) is 6.54 Å². The van der Waals surface area contributed by atoms with Crippen molar-refractivity contribution in [1.82, 2.24) is 4.90 Å². The van der Waals surface area contributed by atoms with Crippen molar-refractivity contribution in [2.24, 2.45) is 0 Å². The van der Waals surface area contributed by atoms with Gasteiger partial charge in [0.2, 0.25) is 0 Å². The van der Waals surface area contributed by atoms with Crippen molar-refractivity contribution >= 4 is 28.8 Å². The molecule has 160 valence electrons. The highest BCUT2D eigenvalue weighted by molar-refractivity contribution is 7.10. The zero-order chi connectivity index (χ0) is 22.1. The average molecular weight is 426 g/mol. The smallest absolute Gasteiger partial charge is 0.295 e. The topological polar surface area (TPSA) is 57.6 Å². The molecule has 0 bridgehead atoms. The number of thiophene rings is 1. The number of rotatable bonds is 6. The molecule has 1 aliphatic rings. The van der Waals surface area contributed by atoms with Gasteiger partial charge in [0.05, 0.1) is 11.6 Å². The Balaban J connectivity index is 2.15. The number of aryl methyl sites for hydroxylation is 1. The minimum atomic E-state index is -0.594. The number of ketones is 1. The van der Waals surface area contributed by atoms with Crippen LogP contribution in [0.2, 0.25) is 0 Å². The van der Waals surface area contributed by atoms with Gasteiger partial charge in [0.1, 0.15) is 5.76 Å². The van der Waals surface area contributed by atoms with Crippen LogP contribution >= 0.6 is 11.3 Å². The molecule has 1 saturated heterocycles. The normalized spacial score (nSPS) is 19.0. The summed E-state index contributed by atoms with van der Waals surface area (Å²) >= 11 is 1.50. The Labute approximate surface area is 183 Å². The Bertz CT molecular complexity index is 967. The Hall–Kier alpha value is -2.40. The third kappa shape index (κ3) is 4.22. The molecule has 4 nitrogen and oxygen atoms in total. The second-order valence-corrected chi connectivity index (χ2v) is 9.97. The molecule has 0 saturated carbocycles. The number of Topliss-reactive ketones (excluding diaryl/α,β-unsaturated/α-hetero) is 1. The molecule has 1 unspecified atom stereocenters. The van der Waals surface area contributed by atoms with Gasteiger partial charge in [-0.15, -0.1) is 11.3 Å². The second kappa shape index (κ2) is 8.76. The summed E-state index contributed by atoms with van der Waals surface area (Å²) in [6, 6.07) is 9.27. The largest absolute Gasteiger partial charge is 0.507 e. The summed E-state index contributed by atoms with van der Waals surface area (Å²) in [7, 11) is 0. The molecule has 5 heteroatoms. The Morgan fingerprint density at radius 1 is 1.17 bits per heavy atom. The van der Waals surface area contributed by atoms with Crippen LogP contribution in [0.3, 0.4) is 0 Å². The number of carbonyl (C=O) groups is 2. The molecule has 1 atom stereocenters. The number of benzene rings is 1. The van der Waals surface area contributed by atoms with Crippen LogP contribution in [-0.2, 0) is 15.0 Å². The lowest BCUT2D eigenvalue weighted by Crippen LogP contribution is -2.30. The van der Waals surface area contributed by atoms with E-state index in [1.165, 1.54) is 11.3 Å². The molecule has 3 rings (SSSR count). The number of amides is 1. The summed E-state index contributed by atoms with van der Waals surface area (Å²) in [6.07, 6.45) is 2.86. The first-order chi connectivity index (χ1) is 14.2. The van der Waals surface area contributed by atoms with Crippen molar-refractivity contribution in [3.8, 4) is 0 Å². The summed E-state index contributed by atoms with van der Waals surface area (Å²) in [6.45, 7) is 10.9. The van der Waals surface area contributed by atoms with Crippen LogP contribution in [0.5, 0.6) is 0 Å². The zero-order valence-corrected chi connectivity index (χ0v) is 19.3. The van der Waals surface area contributed by atoms with Crippen LogP contribution in [0.15, 0.2) is 41.3 Å². The standard InChI is InChI=1S/C25H31NO3S/c1-6-7-8-13-26-21(19-10-9-14-30-19)20(23(28)24(26)29)22(27)18-15-17(25(3,4)5)12-11-16(18)2/h9-12,14-15,21,27H,6-8,13H2,1-5H3/b22-20+. The van der Waals surface area contributed by atoms with Gasteiger partial charge in [0.15, 0.2) is 0 Å². The zero-order valence-electron chi connectivity index (χ0n) is 18.5. The van der Waals surface area contributed by atoms with Crippen LogP contribution in [0, 0.1) is 6.92 Å². The predicted octanol–water partition coefficient (Wildman–Crippen LogP) is 5.97. The maximum atomic E-state index is 13.1. The quantitative estimate of drug-likeness (QED) is 0.269. The van der Waals surface area contributed by atoms with E-state index in [0.29, 0.717) is 12.1 Å². The van der Waals surface area contributed by atoms with Crippen LogP contribution in [-0.4, -0.2) is 28.2 Å². The molecule has 2 heterocycles. The fourth-order valence-corrected chi connectivity index (χ4v) is 4.72. The van der Waals surface area contributed by atoms with Gasteiger partial charge in [-0.3, -0.25) is 9.59 Å². The molecular formula is C25H31NO3S. The van der Waals surface area contributed by atoms with E-state index in [9.17, 15) is 14.7 Å². The maximum Gasteiger partial charge on any atom is 0.295 e. The van der Waals surface area contributed by atoms with Gasteiger partial charge >= 0.3 is 0 Å². The first-order valence-electron chi connectivity index (χ1n) is 10.6. The Morgan fingerprint density at radius 2 is 1.90 bits per heavy atom. The number of carbonyl (C=O) groups excluding carboxylic acids is 2. The van der Waals surface area contributed by atoms with Crippen LogP contribution in [0.4, 0.5) is 0 Å². The number of nitrogens with zero attached hydrogens (tertiary/aromatic N) is 1. The summed E-state index contributed by atoms with van der Waals surface area (Å²) in [5.74, 6) is -1.19. The van der Waals surface area contributed by atoms with Gasteiger partial charge in [-0.1, -0.05) is 58.7 Å². The van der Waals surface area contributed by atoms with Gasteiger partial charge < -0.3 is 10.0 Å². The Morgan fingerprint density at radius 3 is 2.50 bits per heavy atom. The molecule has 1 aromatic heterocycles. The molecule has 0 radical (unpaired) electrons. The summed E-state index contributed by atoms with van der Waals surface area (Å²) in [5.41, 5.74) is 2.67. The van der Waals surface area contributed by atoms with Crippen molar-refractivity contribution in [1.29, 1.82) is 0 Å². The minimum Gasteiger partial charge on any atom is -0.507 e. The average Bonchev–Trinajstić information content (AvgIpc) is 3.29. The third-order valence-corrected chi connectivity index (χ3v) is 6.64. The summed E-state index contributed by atoms with van der Waals surface area (Å²) < 4.78 is 0. The van der Waals surface area contributed by atoms with Gasteiger partial charge in [-0.25, -0.2) is 0 Å². The minimum absolute atomic E-state index is 0.0756. The Kier molecular flexibility index (Phi) is 6.51.